The predicted octanol–water partition coefficient (Wildman–Crippen LogP) is 2.81. The molecule has 0 unspecified atom stereocenters. The van der Waals surface area contributed by atoms with E-state index in [2.05, 4.69) is 9.97 Å². The van der Waals surface area contributed by atoms with Gasteiger partial charge in [-0.15, -0.1) is 0 Å². The molecule has 0 atom stereocenters. The molecule has 0 saturated carbocycles. The number of carbonyl (C=O) groups excluding carboxylic acids is 1. The standard InChI is InChI=1S/C16H11N3O4S/c20-14(10-4-3-5-11(8-10)19(22)23)9-24-16-17-13-7-2-1-6-12(13)15(21)18-16/h1-8H,9H2,(H,17,18,21). The summed E-state index contributed by atoms with van der Waals surface area (Å²) < 4.78 is 0. The van der Waals surface area contributed by atoms with Gasteiger partial charge in [0.25, 0.3) is 11.2 Å². The summed E-state index contributed by atoms with van der Waals surface area (Å²) in [4.78, 5) is 41.3. The topological polar surface area (TPSA) is 106 Å². The number of H-pyrrole nitrogens is 1. The number of carbonyl (C=O) groups is 1. The number of hydrogen-bond donors (Lipinski definition) is 1. The second kappa shape index (κ2) is 6.63. The third kappa shape index (κ3) is 3.33. The quantitative estimate of drug-likeness (QED) is 0.251. The molecule has 8 heteroatoms. The molecule has 0 aliphatic heterocycles. The molecule has 0 bridgehead atoms. The number of ketones is 1. The Kier molecular flexibility index (Phi) is 4.39. The number of para-hydroxylation sites is 1. The van der Waals surface area contributed by atoms with Gasteiger partial charge >= 0.3 is 0 Å². The zero-order chi connectivity index (χ0) is 17.1. The Morgan fingerprint density at radius 1 is 1.21 bits per heavy atom. The van der Waals surface area contributed by atoms with E-state index in [0.717, 1.165) is 11.8 Å². The Morgan fingerprint density at radius 3 is 2.79 bits per heavy atom. The number of rotatable bonds is 5. The van der Waals surface area contributed by atoms with Gasteiger partial charge in [0.2, 0.25) is 0 Å². The van der Waals surface area contributed by atoms with Crippen LogP contribution in [-0.4, -0.2) is 26.4 Å². The highest BCUT2D eigenvalue weighted by molar-refractivity contribution is 7.99. The molecule has 3 rings (SSSR count). The van der Waals surface area contributed by atoms with Crippen LogP contribution < -0.4 is 5.56 Å². The van der Waals surface area contributed by atoms with Crippen molar-refractivity contribution in [2.75, 3.05) is 5.75 Å². The van der Waals surface area contributed by atoms with Gasteiger partial charge in [-0.05, 0) is 12.1 Å². The van der Waals surface area contributed by atoms with E-state index in [4.69, 9.17) is 0 Å². The summed E-state index contributed by atoms with van der Waals surface area (Å²) in [7, 11) is 0. The summed E-state index contributed by atoms with van der Waals surface area (Å²) >= 11 is 1.08. The number of Topliss-reactive ketones (excluding diaryl/α,β-unsaturated/α-hetero) is 1. The molecule has 24 heavy (non-hydrogen) atoms. The minimum atomic E-state index is -0.549. The number of nitrogens with one attached hydrogen (secondary N) is 1. The number of thioether (sulfide) groups is 1. The number of non-ortho nitro benzene ring substituents is 1. The smallest absolute Gasteiger partial charge is 0.270 e. The van der Waals surface area contributed by atoms with Crippen LogP contribution in [0.25, 0.3) is 10.9 Å². The lowest BCUT2D eigenvalue weighted by Gasteiger charge is -2.03. The van der Waals surface area contributed by atoms with E-state index in [-0.39, 0.29) is 28.3 Å². The van der Waals surface area contributed by atoms with E-state index in [1.165, 1.54) is 24.3 Å². The third-order valence-corrected chi connectivity index (χ3v) is 4.18. The van der Waals surface area contributed by atoms with Crippen LogP contribution in [0.3, 0.4) is 0 Å². The molecule has 0 fully saturated rings. The van der Waals surface area contributed by atoms with Crippen molar-refractivity contribution < 1.29 is 9.72 Å². The van der Waals surface area contributed by atoms with Crippen LogP contribution >= 0.6 is 11.8 Å². The van der Waals surface area contributed by atoms with Gasteiger partial charge in [0.15, 0.2) is 10.9 Å². The van der Waals surface area contributed by atoms with E-state index >= 15 is 0 Å². The Hall–Kier alpha value is -3.00. The Bertz CT molecular complexity index is 1000. The van der Waals surface area contributed by atoms with Gasteiger partial charge in [-0.2, -0.15) is 0 Å². The van der Waals surface area contributed by atoms with Gasteiger partial charge in [-0.1, -0.05) is 36.0 Å². The Morgan fingerprint density at radius 2 is 2.00 bits per heavy atom. The van der Waals surface area contributed by atoms with E-state index in [0.29, 0.717) is 16.1 Å². The average molecular weight is 341 g/mol. The predicted molar refractivity (Wildman–Crippen MR) is 90.5 cm³/mol. The normalized spacial score (nSPS) is 10.7. The number of nitrogens with zero attached hydrogens (tertiary/aromatic N) is 2. The van der Waals surface area contributed by atoms with E-state index < -0.39 is 4.92 Å². The summed E-state index contributed by atoms with van der Waals surface area (Å²) in [6.07, 6.45) is 0. The second-order valence-electron chi connectivity index (χ2n) is 4.91. The monoisotopic (exact) mass is 341 g/mol. The maximum absolute atomic E-state index is 12.2. The van der Waals surface area contributed by atoms with Crippen LogP contribution in [0.15, 0.2) is 58.5 Å². The number of hydrogen-bond acceptors (Lipinski definition) is 6. The SMILES string of the molecule is O=C(CSc1nc2ccccc2c(=O)[nH]1)c1cccc([N+](=O)[O-])c1. The van der Waals surface area contributed by atoms with Crippen molar-refractivity contribution in [3.8, 4) is 0 Å². The fraction of sp³-hybridized carbons (Fsp3) is 0.0625. The van der Waals surface area contributed by atoms with Crippen molar-refractivity contribution in [1.82, 2.24) is 9.97 Å². The molecule has 120 valence electrons. The molecule has 7 nitrogen and oxygen atoms in total. The lowest BCUT2D eigenvalue weighted by molar-refractivity contribution is -0.384. The number of nitro benzene ring substituents is 1. The van der Waals surface area contributed by atoms with Gasteiger partial charge in [-0.3, -0.25) is 19.7 Å². The van der Waals surface area contributed by atoms with Crippen LogP contribution in [-0.2, 0) is 0 Å². The van der Waals surface area contributed by atoms with E-state index in [1.54, 1.807) is 24.3 Å². The zero-order valence-corrected chi connectivity index (χ0v) is 13.1. The van der Waals surface area contributed by atoms with Crippen LogP contribution in [0.2, 0.25) is 0 Å². The summed E-state index contributed by atoms with van der Waals surface area (Å²) in [5, 5.41) is 11.6. The number of aromatic nitrogens is 2. The molecule has 0 spiro atoms. The highest BCUT2D eigenvalue weighted by atomic mass is 32.2. The molecule has 0 aliphatic rings. The van der Waals surface area contributed by atoms with Gasteiger partial charge in [-0.25, -0.2) is 4.98 Å². The summed E-state index contributed by atoms with van der Waals surface area (Å²) in [6, 6.07) is 12.5. The number of aromatic amines is 1. The van der Waals surface area contributed by atoms with Crippen molar-refractivity contribution in [3.63, 3.8) is 0 Å². The molecule has 1 heterocycles. The molecule has 0 aliphatic carbocycles. The highest BCUT2D eigenvalue weighted by Gasteiger charge is 2.13. The van der Waals surface area contributed by atoms with Crippen molar-refractivity contribution in [2.24, 2.45) is 0 Å². The van der Waals surface area contributed by atoms with Crippen LogP contribution in [0.5, 0.6) is 0 Å². The summed E-state index contributed by atoms with van der Waals surface area (Å²) in [6.45, 7) is 0. The lowest BCUT2D eigenvalue weighted by atomic mass is 10.1. The molecule has 0 amide bonds. The molecule has 0 radical (unpaired) electrons. The second-order valence-corrected chi connectivity index (χ2v) is 5.87. The highest BCUT2D eigenvalue weighted by Crippen LogP contribution is 2.18. The fourth-order valence-corrected chi connectivity index (χ4v) is 2.91. The summed E-state index contributed by atoms with van der Waals surface area (Å²) in [5.74, 6) is -0.262. The van der Waals surface area contributed by atoms with Crippen molar-refractivity contribution in [2.45, 2.75) is 5.16 Å². The first kappa shape index (κ1) is 15.9. The van der Waals surface area contributed by atoms with E-state index in [9.17, 15) is 19.7 Å². The molecule has 1 N–H and O–H groups in total. The first-order chi connectivity index (χ1) is 11.5. The molecule has 0 saturated heterocycles. The molecule has 2 aromatic carbocycles. The number of benzene rings is 2. The maximum Gasteiger partial charge on any atom is 0.270 e. The van der Waals surface area contributed by atoms with Crippen molar-refractivity contribution >= 4 is 34.1 Å². The number of nitro groups is 1. The molecular formula is C16H11N3O4S. The van der Waals surface area contributed by atoms with Gasteiger partial charge in [0.1, 0.15) is 0 Å². The molecule has 1 aromatic heterocycles. The molecule has 3 aromatic rings. The Labute approximate surface area is 139 Å². The Balaban J connectivity index is 1.78. The first-order valence-electron chi connectivity index (χ1n) is 6.94. The molecular weight excluding hydrogens is 330 g/mol. The van der Waals surface area contributed by atoms with Crippen LogP contribution in [0.4, 0.5) is 5.69 Å². The average Bonchev–Trinajstić information content (AvgIpc) is 2.60. The van der Waals surface area contributed by atoms with Gasteiger partial charge in [0, 0.05) is 17.7 Å². The van der Waals surface area contributed by atoms with Crippen molar-refractivity contribution in [1.29, 1.82) is 0 Å². The first-order valence-corrected chi connectivity index (χ1v) is 7.92. The van der Waals surface area contributed by atoms with Crippen LogP contribution in [0.1, 0.15) is 10.4 Å². The van der Waals surface area contributed by atoms with Crippen LogP contribution in [0, 0.1) is 10.1 Å². The number of fused-ring (bicyclic) bond motifs is 1. The fourth-order valence-electron chi connectivity index (χ4n) is 2.14. The van der Waals surface area contributed by atoms with E-state index in [1.807, 2.05) is 0 Å². The minimum absolute atomic E-state index is 0.0163. The maximum atomic E-state index is 12.2. The third-order valence-electron chi connectivity index (χ3n) is 3.31. The minimum Gasteiger partial charge on any atom is -0.301 e. The lowest BCUT2D eigenvalue weighted by Crippen LogP contribution is -2.10. The van der Waals surface area contributed by atoms with Gasteiger partial charge < -0.3 is 4.98 Å². The largest absolute Gasteiger partial charge is 0.301 e. The van der Waals surface area contributed by atoms with Gasteiger partial charge in [0.05, 0.1) is 21.6 Å². The summed E-state index contributed by atoms with van der Waals surface area (Å²) in [5.41, 5.74) is 0.389. The zero-order valence-electron chi connectivity index (χ0n) is 12.3. The van der Waals surface area contributed by atoms with Crippen molar-refractivity contribution in [3.05, 3.63) is 74.6 Å².